The number of carbonyl (C=O) groups is 2. The number of benzene rings is 1. The zero-order valence-corrected chi connectivity index (χ0v) is 10.6. The molecule has 0 radical (unpaired) electrons. The molecule has 0 spiro atoms. The van der Waals surface area contributed by atoms with Gasteiger partial charge in [0.2, 0.25) is 5.91 Å². The summed E-state index contributed by atoms with van der Waals surface area (Å²) < 4.78 is 5.12. The van der Waals surface area contributed by atoms with Crippen molar-refractivity contribution in [1.29, 1.82) is 0 Å². The van der Waals surface area contributed by atoms with E-state index in [4.69, 9.17) is 10.5 Å². The van der Waals surface area contributed by atoms with Gasteiger partial charge in [-0.05, 0) is 6.07 Å². The summed E-state index contributed by atoms with van der Waals surface area (Å²) in [6.45, 7) is 3.59. The second kappa shape index (κ2) is 6.76. The number of nitrogens with one attached hydrogen (secondary N) is 1. The number of hydrogen-bond donors (Lipinski definition) is 2. The van der Waals surface area contributed by atoms with Crippen molar-refractivity contribution in [3.05, 3.63) is 29.8 Å². The molecule has 1 amide bonds. The number of ether oxygens (including phenoxy) is 1. The SMILES string of the molecule is CC(C)C(=O)OCc1ccccc1NC(=O)CN. The van der Waals surface area contributed by atoms with Gasteiger partial charge in [-0.15, -0.1) is 0 Å². The first-order valence-electron chi connectivity index (χ1n) is 5.79. The van der Waals surface area contributed by atoms with Crippen LogP contribution in [-0.2, 0) is 20.9 Å². The molecule has 1 aromatic rings. The van der Waals surface area contributed by atoms with Gasteiger partial charge in [0.05, 0.1) is 12.5 Å². The molecule has 0 aliphatic heterocycles. The molecular weight excluding hydrogens is 232 g/mol. The van der Waals surface area contributed by atoms with Gasteiger partial charge in [-0.25, -0.2) is 0 Å². The number of rotatable bonds is 5. The second-order valence-corrected chi connectivity index (χ2v) is 4.17. The van der Waals surface area contributed by atoms with E-state index in [1.807, 2.05) is 6.07 Å². The van der Waals surface area contributed by atoms with Crippen LogP contribution in [0.3, 0.4) is 0 Å². The van der Waals surface area contributed by atoms with Gasteiger partial charge < -0.3 is 15.8 Å². The Morgan fingerprint density at radius 2 is 2.00 bits per heavy atom. The number of carbonyl (C=O) groups excluding carboxylic acids is 2. The summed E-state index contributed by atoms with van der Waals surface area (Å²) in [6, 6.07) is 7.14. The van der Waals surface area contributed by atoms with Gasteiger partial charge >= 0.3 is 5.97 Å². The Balaban J connectivity index is 2.70. The average Bonchev–Trinajstić information content (AvgIpc) is 2.37. The van der Waals surface area contributed by atoms with E-state index in [0.29, 0.717) is 5.69 Å². The molecule has 5 nitrogen and oxygen atoms in total. The summed E-state index contributed by atoms with van der Waals surface area (Å²) in [5, 5.41) is 2.66. The number of para-hydroxylation sites is 1. The van der Waals surface area contributed by atoms with E-state index in [2.05, 4.69) is 5.32 Å². The lowest BCUT2D eigenvalue weighted by Gasteiger charge is -2.12. The van der Waals surface area contributed by atoms with E-state index in [1.54, 1.807) is 32.0 Å². The number of hydrogen-bond acceptors (Lipinski definition) is 4. The van der Waals surface area contributed by atoms with Crippen molar-refractivity contribution in [2.75, 3.05) is 11.9 Å². The van der Waals surface area contributed by atoms with Crippen LogP contribution in [0.5, 0.6) is 0 Å². The Hall–Kier alpha value is -1.88. The summed E-state index contributed by atoms with van der Waals surface area (Å²) in [7, 11) is 0. The number of anilines is 1. The van der Waals surface area contributed by atoms with Gasteiger partial charge in [0, 0.05) is 11.3 Å². The summed E-state index contributed by atoms with van der Waals surface area (Å²) in [5.74, 6) is -0.719. The lowest BCUT2D eigenvalue weighted by Crippen LogP contribution is -2.22. The lowest BCUT2D eigenvalue weighted by molar-refractivity contribution is -0.148. The molecule has 0 saturated carbocycles. The predicted molar refractivity (Wildman–Crippen MR) is 68.8 cm³/mol. The van der Waals surface area contributed by atoms with Gasteiger partial charge in [-0.3, -0.25) is 9.59 Å². The van der Waals surface area contributed by atoms with Crippen molar-refractivity contribution in [2.45, 2.75) is 20.5 Å². The molecule has 0 atom stereocenters. The standard InChI is InChI=1S/C13H18N2O3/c1-9(2)13(17)18-8-10-5-3-4-6-11(10)15-12(16)7-14/h3-6,9H,7-8,14H2,1-2H3,(H,15,16). The van der Waals surface area contributed by atoms with Gasteiger partial charge in [0.15, 0.2) is 0 Å². The van der Waals surface area contributed by atoms with Crippen LogP contribution in [0.1, 0.15) is 19.4 Å². The maximum absolute atomic E-state index is 11.4. The molecule has 0 fully saturated rings. The average molecular weight is 250 g/mol. The van der Waals surface area contributed by atoms with Gasteiger partial charge in [-0.1, -0.05) is 32.0 Å². The molecular formula is C13H18N2O3. The minimum Gasteiger partial charge on any atom is -0.461 e. The monoisotopic (exact) mass is 250 g/mol. The first-order chi connectivity index (χ1) is 8.54. The highest BCUT2D eigenvalue weighted by Crippen LogP contribution is 2.16. The van der Waals surface area contributed by atoms with Gasteiger partial charge in [-0.2, -0.15) is 0 Å². The van der Waals surface area contributed by atoms with Crippen LogP contribution in [0.25, 0.3) is 0 Å². The van der Waals surface area contributed by atoms with Crippen molar-refractivity contribution in [1.82, 2.24) is 0 Å². The third-order valence-electron chi connectivity index (χ3n) is 2.32. The maximum atomic E-state index is 11.4. The van der Waals surface area contributed by atoms with Crippen molar-refractivity contribution < 1.29 is 14.3 Å². The molecule has 0 bridgehead atoms. The van der Waals surface area contributed by atoms with Crippen LogP contribution >= 0.6 is 0 Å². The molecule has 0 aliphatic rings. The fourth-order valence-corrected chi connectivity index (χ4v) is 1.28. The molecule has 98 valence electrons. The molecule has 0 saturated heterocycles. The van der Waals surface area contributed by atoms with Gasteiger partial charge in [0.1, 0.15) is 6.61 Å². The predicted octanol–water partition coefficient (Wildman–Crippen LogP) is 1.28. The zero-order chi connectivity index (χ0) is 13.5. The molecule has 0 aromatic heterocycles. The third-order valence-corrected chi connectivity index (χ3v) is 2.32. The van der Waals surface area contributed by atoms with E-state index in [9.17, 15) is 9.59 Å². The van der Waals surface area contributed by atoms with E-state index in [0.717, 1.165) is 5.56 Å². The minimum atomic E-state index is -0.280. The summed E-state index contributed by atoms with van der Waals surface area (Å²) in [5.41, 5.74) is 6.59. The second-order valence-electron chi connectivity index (χ2n) is 4.17. The van der Waals surface area contributed by atoms with Crippen molar-refractivity contribution >= 4 is 17.6 Å². The van der Waals surface area contributed by atoms with E-state index in [1.165, 1.54) is 0 Å². The summed E-state index contributed by atoms with van der Waals surface area (Å²) >= 11 is 0. The van der Waals surface area contributed by atoms with E-state index >= 15 is 0 Å². The van der Waals surface area contributed by atoms with Crippen molar-refractivity contribution in [3.8, 4) is 0 Å². The number of esters is 1. The molecule has 0 aliphatic carbocycles. The molecule has 0 unspecified atom stereocenters. The quantitative estimate of drug-likeness (QED) is 0.771. The van der Waals surface area contributed by atoms with Crippen LogP contribution in [0.2, 0.25) is 0 Å². The lowest BCUT2D eigenvalue weighted by atomic mass is 10.2. The smallest absolute Gasteiger partial charge is 0.308 e. The van der Waals surface area contributed by atoms with Crippen LogP contribution < -0.4 is 11.1 Å². The Kier molecular flexibility index (Phi) is 5.32. The Bertz CT molecular complexity index is 430. The molecule has 1 aromatic carbocycles. The largest absolute Gasteiger partial charge is 0.461 e. The van der Waals surface area contributed by atoms with Crippen molar-refractivity contribution in [2.24, 2.45) is 11.7 Å². The Morgan fingerprint density at radius 3 is 2.61 bits per heavy atom. The highest BCUT2D eigenvalue weighted by atomic mass is 16.5. The zero-order valence-electron chi connectivity index (χ0n) is 10.6. The topological polar surface area (TPSA) is 81.4 Å². The minimum absolute atomic E-state index is 0.0832. The number of amides is 1. The summed E-state index contributed by atoms with van der Waals surface area (Å²) in [6.07, 6.45) is 0. The highest BCUT2D eigenvalue weighted by Gasteiger charge is 2.10. The number of nitrogens with two attached hydrogens (primary N) is 1. The maximum Gasteiger partial charge on any atom is 0.308 e. The first kappa shape index (κ1) is 14.2. The highest BCUT2D eigenvalue weighted by molar-refractivity contribution is 5.92. The fourth-order valence-electron chi connectivity index (χ4n) is 1.28. The first-order valence-corrected chi connectivity index (χ1v) is 5.79. The van der Waals surface area contributed by atoms with Crippen molar-refractivity contribution in [3.63, 3.8) is 0 Å². The Labute approximate surface area is 106 Å². The molecule has 5 heteroatoms. The summed E-state index contributed by atoms with van der Waals surface area (Å²) in [4.78, 5) is 22.6. The van der Waals surface area contributed by atoms with Crippen LogP contribution in [-0.4, -0.2) is 18.4 Å². The molecule has 18 heavy (non-hydrogen) atoms. The van der Waals surface area contributed by atoms with Crippen LogP contribution in [0.4, 0.5) is 5.69 Å². The fraction of sp³-hybridized carbons (Fsp3) is 0.385. The van der Waals surface area contributed by atoms with Gasteiger partial charge in [0.25, 0.3) is 0 Å². The molecule has 3 N–H and O–H groups in total. The Morgan fingerprint density at radius 1 is 1.33 bits per heavy atom. The van der Waals surface area contributed by atoms with Crippen LogP contribution in [0.15, 0.2) is 24.3 Å². The van der Waals surface area contributed by atoms with E-state index in [-0.39, 0.29) is 30.9 Å². The normalized spacial score (nSPS) is 10.2. The van der Waals surface area contributed by atoms with Crippen LogP contribution in [0, 0.1) is 5.92 Å². The van der Waals surface area contributed by atoms with E-state index < -0.39 is 0 Å². The molecule has 1 rings (SSSR count). The molecule has 0 heterocycles. The third kappa shape index (κ3) is 4.18.